The van der Waals surface area contributed by atoms with E-state index < -0.39 is 14.9 Å². The lowest BCUT2D eigenvalue weighted by atomic mass is 10.3. The summed E-state index contributed by atoms with van der Waals surface area (Å²) >= 11 is 11.9. The van der Waals surface area contributed by atoms with Gasteiger partial charge in [0, 0.05) is 22.2 Å². The van der Waals surface area contributed by atoms with Gasteiger partial charge in [-0.2, -0.15) is 0 Å². The van der Waals surface area contributed by atoms with Gasteiger partial charge in [0.1, 0.15) is 0 Å². The number of hydrogen-bond acceptors (Lipinski definition) is 4. The van der Waals surface area contributed by atoms with E-state index >= 15 is 0 Å². The molecule has 0 saturated carbocycles. The predicted octanol–water partition coefficient (Wildman–Crippen LogP) is 4.28. The number of nitro benzene ring substituents is 1. The Morgan fingerprint density at radius 2 is 1.79 bits per heavy atom. The van der Waals surface area contributed by atoms with E-state index in [9.17, 15) is 18.5 Å². The highest BCUT2D eigenvalue weighted by Crippen LogP contribution is 2.30. The van der Waals surface area contributed by atoms with Crippen LogP contribution in [-0.4, -0.2) is 19.9 Å². The zero-order chi connectivity index (χ0) is 17.9. The molecule has 0 fully saturated rings. The Morgan fingerprint density at radius 3 is 2.33 bits per heavy atom. The fourth-order valence-electron chi connectivity index (χ4n) is 2.03. The Hall–Kier alpha value is -2.09. The van der Waals surface area contributed by atoms with E-state index in [1.807, 2.05) is 0 Å². The molecule has 2 aromatic carbocycles. The van der Waals surface area contributed by atoms with Crippen LogP contribution in [0, 0.1) is 10.1 Å². The highest BCUT2D eigenvalue weighted by molar-refractivity contribution is 7.92. The van der Waals surface area contributed by atoms with Crippen molar-refractivity contribution in [2.75, 3.05) is 10.8 Å². The van der Waals surface area contributed by atoms with Gasteiger partial charge in [-0.3, -0.25) is 14.4 Å². The molecule has 0 bridgehead atoms. The summed E-state index contributed by atoms with van der Waals surface area (Å²) in [5.41, 5.74) is -0.0855. The van der Waals surface area contributed by atoms with Gasteiger partial charge in [-0.05, 0) is 24.3 Å². The van der Waals surface area contributed by atoms with Gasteiger partial charge in [0.15, 0.2) is 0 Å². The fraction of sp³-hybridized carbons (Fsp3) is 0.0667. The van der Waals surface area contributed by atoms with E-state index in [-0.39, 0.29) is 32.9 Å². The molecule has 0 amide bonds. The summed E-state index contributed by atoms with van der Waals surface area (Å²) in [7, 11) is -4.07. The van der Waals surface area contributed by atoms with Crippen molar-refractivity contribution in [2.24, 2.45) is 0 Å². The summed E-state index contributed by atoms with van der Waals surface area (Å²) in [6.45, 7) is 3.49. The highest BCUT2D eigenvalue weighted by atomic mass is 35.5. The average Bonchev–Trinajstić information content (AvgIpc) is 2.51. The second-order valence-electron chi connectivity index (χ2n) is 4.71. The molecule has 6 nitrogen and oxygen atoms in total. The van der Waals surface area contributed by atoms with Crippen LogP contribution in [0.15, 0.2) is 60.0 Å². The number of anilines is 1. The first-order chi connectivity index (χ1) is 11.3. The Bertz CT molecular complexity index is 880. The standard InChI is InChI=1S/C15H12Cl2N2O4S/c1-2-6-18(14-8-11(16)7-12(17)9-14)24(22,23)15-5-3-4-13(10-15)19(20)21/h2-5,7-10H,1,6H2. The van der Waals surface area contributed by atoms with Crippen LogP contribution in [0.1, 0.15) is 0 Å². The Labute approximate surface area is 149 Å². The van der Waals surface area contributed by atoms with Gasteiger partial charge in [-0.1, -0.05) is 35.3 Å². The van der Waals surface area contributed by atoms with Gasteiger partial charge in [0.05, 0.1) is 22.1 Å². The average molecular weight is 387 g/mol. The monoisotopic (exact) mass is 386 g/mol. The van der Waals surface area contributed by atoms with Crippen LogP contribution in [0.3, 0.4) is 0 Å². The summed E-state index contributed by atoms with van der Waals surface area (Å²) in [5, 5.41) is 11.4. The van der Waals surface area contributed by atoms with E-state index in [0.717, 1.165) is 10.4 Å². The number of benzene rings is 2. The zero-order valence-corrected chi connectivity index (χ0v) is 14.6. The molecule has 0 aliphatic rings. The number of halogens is 2. The van der Waals surface area contributed by atoms with E-state index in [2.05, 4.69) is 6.58 Å². The normalized spacial score (nSPS) is 11.1. The van der Waals surface area contributed by atoms with Crippen LogP contribution in [-0.2, 0) is 10.0 Å². The van der Waals surface area contributed by atoms with Crippen LogP contribution in [0.2, 0.25) is 10.0 Å². The Kier molecular flexibility index (Phi) is 5.48. The van der Waals surface area contributed by atoms with E-state index in [1.165, 1.54) is 42.5 Å². The first-order valence-corrected chi connectivity index (χ1v) is 8.79. The molecule has 0 spiro atoms. The van der Waals surface area contributed by atoms with Crippen LogP contribution in [0.5, 0.6) is 0 Å². The van der Waals surface area contributed by atoms with Gasteiger partial charge < -0.3 is 0 Å². The third kappa shape index (κ3) is 3.87. The quantitative estimate of drug-likeness (QED) is 0.421. The molecule has 0 heterocycles. The second-order valence-corrected chi connectivity index (χ2v) is 7.44. The van der Waals surface area contributed by atoms with E-state index in [0.29, 0.717) is 0 Å². The van der Waals surface area contributed by atoms with Crippen LogP contribution in [0.4, 0.5) is 11.4 Å². The predicted molar refractivity (Wildman–Crippen MR) is 94.3 cm³/mol. The minimum atomic E-state index is -4.07. The van der Waals surface area contributed by atoms with Crippen LogP contribution in [0.25, 0.3) is 0 Å². The third-order valence-corrected chi connectivity index (χ3v) is 5.27. The summed E-state index contributed by atoms with van der Waals surface area (Å²) < 4.78 is 26.8. The molecular weight excluding hydrogens is 375 g/mol. The maximum atomic E-state index is 12.9. The van der Waals surface area contributed by atoms with Crippen molar-refractivity contribution >= 4 is 44.6 Å². The smallest absolute Gasteiger partial charge is 0.262 e. The maximum Gasteiger partial charge on any atom is 0.270 e. The zero-order valence-electron chi connectivity index (χ0n) is 12.2. The topological polar surface area (TPSA) is 80.5 Å². The molecule has 126 valence electrons. The number of rotatable bonds is 6. The van der Waals surface area contributed by atoms with Crippen molar-refractivity contribution in [3.8, 4) is 0 Å². The summed E-state index contributed by atoms with van der Waals surface area (Å²) in [4.78, 5) is 10.0. The van der Waals surface area contributed by atoms with E-state index in [4.69, 9.17) is 23.2 Å². The molecule has 9 heteroatoms. The van der Waals surface area contributed by atoms with Gasteiger partial charge in [0.2, 0.25) is 0 Å². The number of nitro groups is 1. The van der Waals surface area contributed by atoms with Gasteiger partial charge in [-0.25, -0.2) is 8.42 Å². The summed E-state index contributed by atoms with van der Waals surface area (Å²) in [6.07, 6.45) is 1.39. The van der Waals surface area contributed by atoms with E-state index in [1.54, 1.807) is 0 Å². The lowest BCUT2D eigenvalue weighted by molar-refractivity contribution is -0.385. The SMILES string of the molecule is C=CCN(c1cc(Cl)cc(Cl)c1)S(=O)(=O)c1cccc([N+](=O)[O-])c1. The molecule has 0 N–H and O–H groups in total. The minimum Gasteiger partial charge on any atom is -0.262 e. The molecule has 0 atom stereocenters. The minimum absolute atomic E-state index is 0.0539. The van der Waals surface area contributed by atoms with Crippen molar-refractivity contribution in [1.82, 2.24) is 0 Å². The maximum absolute atomic E-state index is 12.9. The highest BCUT2D eigenvalue weighted by Gasteiger charge is 2.26. The van der Waals surface area contributed by atoms with Crippen molar-refractivity contribution in [2.45, 2.75) is 4.90 Å². The third-order valence-electron chi connectivity index (χ3n) is 3.05. The number of nitrogens with zero attached hydrogens (tertiary/aromatic N) is 2. The lowest BCUT2D eigenvalue weighted by Crippen LogP contribution is -2.31. The molecular formula is C15H12Cl2N2O4S. The molecule has 2 rings (SSSR count). The lowest BCUT2D eigenvalue weighted by Gasteiger charge is -2.23. The van der Waals surface area contributed by atoms with Crippen molar-refractivity contribution in [1.29, 1.82) is 0 Å². The Morgan fingerprint density at radius 1 is 1.17 bits per heavy atom. The molecule has 24 heavy (non-hydrogen) atoms. The fourth-order valence-corrected chi connectivity index (χ4v) is 4.00. The molecule has 0 aromatic heterocycles. The summed E-state index contributed by atoms with van der Waals surface area (Å²) in [5.74, 6) is 0. The number of non-ortho nitro benzene ring substituents is 1. The van der Waals surface area contributed by atoms with Crippen molar-refractivity contribution in [3.63, 3.8) is 0 Å². The van der Waals surface area contributed by atoms with Crippen LogP contribution >= 0.6 is 23.2 Å². The first kappa shape index (κ1) is 18.3. The molecule has 0 aliphatic heterocycles. The molecule has 2 aromatic rings. The molecule has 0 unspecified atom stereocenters. The number of hydrogen-bond donors (Lipinski definition) is 0. The first-order valence-electron chi connectivity index (χ1n) is 6.60. The molecule has 0 aliphatic carbocycles. The van der Waals surface area contributed by atoms with Crippen molar-refractivity contribution < 1.29 is 13.3 Å². The largest absolute Gasteiger partial charge is 0.270 e. The summed E-state index contributed by atoms with van der Waals surface area (Å²) in [6, 6.07) is 9.15. The van der Waals surface area contributed by atoms with Gasteiger partial charge in [-0.15, -0.1) is 6.58 Å². The number of sulfonamides is 1. The van der Waals surface area contributed by atoms with Gasteiger partial charge >= 0.3 is 0 Å². The van der Waals surface area contributed by atoms with Gasteiger partial charge in [0.25, 0.3) is 15.7 Å². The van der Waals surface area contributed by atoms with Crippen molar-refractivity contribution in [3.05, 3.63) is 75.3 Å². The molecule has 0 radical (unpaired) electrons. The van der Waals surface area contributed by atoms with Crippen LogP contribution < -0.4 is 4.31 Å². The molecule has 0 saturated heterocycles. The Balaban J connectivity index is 2.59. The second kappa shape index (κ2) is 7.21.